The summed E-state index contributed by atoms with van der Waals surface area (Å²) in [6, 6.07) is 13.6. The van der Waals surface area contributed by atoms with Gasteiger partial charge in [0.05, 0.1) is 25.0 Å². The van der Waals surface area contributed by atoms with Crippen LogP contribution in [0.4, 0.5) is 17.1 Å². The van der Waals surface area contributed by atoms with E-state index in [1.807, 2.05) is 30.3 Å². The topological polar surface area (TPSA) is 83.1 Å². The summed E-state index contributed by atoms with van der Waals surface area (Å²) in [6.07, 6.45) is 4.69. The first-order valence-corrected chi connectivity index (χ1v) is 12.9. The fraction of sp³-hybridized carbons (Fsp3) is 0.500. The first-order chi connectivity index (χ1) is 17.6. The molecule has 2 amide bonds. The number of nitrogens with one attached hydrogen (secondary N) is 2. The molecule has 0 radical (unpaired) electrons. The summed E-state index contributed by atoms with van der Waals surface area (Å²) < 4.78 is 10.6. The average molecular weight is 497 g/mol. The van der Waals surface area contributed by atoms with E-state index in [1.54, 1.807) is 20.3 Å². The molecule has 8 heteroatoms. The molecule has 36 heavy (non-hydrogen) atoms. The van der Waals surface area contributed by atoms with Crippen molar-refractivity contribution in [3.8, 4) is 5.75 Å². The molecule has 3 rings (SSSR count). The van der Waals surface area contributed by atoms with Crippen LogP contribution in [0.15, 0.2) is 42.5 Å². The summed E-state index contributed by atoms with van der Waals surface area (Å²) in [5.74, 6) is 0.669. The molecule has 8 nitrogen and oxygen atoms in total. The first-order valence-electron chi connectivity index (χ1n) is 12.9. The van der Waals surface area contributed by atoms with Gasteiger partial charge in [0, 0.05) is 57.6 Å². The van der Waals surface area contributed by atoms with Crippen molar-refractivity contribution in [1.29, 1.82) is 0 Å². The molecule has 0 unspecified atom stereocenters. The van der Waals surface area contributed by atoms with Crippen LogP contribution in [0.1, 0.15) is 49.4 Å². The van der Waals surface area contributed by atoms with Gasteiger partial charge in [-0.3, -0.25) is 9.59 Å². The van der Waals surface area contributed by atoms with E-state index < -0.39 is 0 Å². The number of benzene rings is 2. The molecule has 2 aromatic carbocycles. The van der Waals surface area contributed by atoms with Crippen molar-refractivity contribution in [2.24, 2.45) is 0 Å². The minimum atomic E-state index is -0.173. The van der Waals surface area contributed by atoms with Gasteiger partial charge in [0.2, 0.25) is 5.91 Å². The van der Waals surface area contributed by atoms with Gasteiger partial charge in [-0.25, -0.2) is 0 Å². The number of piperazine rings is 1. The summed E-state index contributed by atoms with van der Waals surface area (Å²) in [5, 5.41) is 5.90. The maximum absolute atomic E-state index is 13.1. The highest BCUT2D eigenvalue weighted by Gasteiger charge is 2.23. The van der Waals surface area contributed by atoms with Gasteiger partial charge in [0.1, 0.15) is 5.75 Å². The van der Waals surface area contributed by atoms with Gasteiger partial charge in [-0.15, -0.1) is 0 Å². The zero-order valence-corrected chi connectivity index (χ0v) is 21.8. The third-order valence-corrected chi connectivity index (χ3v) is 6.42. The third-order valence-electron chi connectivity index (χ3n) is 6.42. The van der Waals surface area contributed by atoms with E-state index in [2.05, 4.69) is 33.4 Å². The molecule has 0 spiro atoms. The Bertz CT molecular complexity index is 989. The Labute approximate surface area is 214 Å². The Hall–Kier alpha value is -3.26. The summed E-state index contributed by atoms with van der Waals surface area (Å²) >= 11 is 0. The maximum Gasteiger partial charge on any atom is 0.253 e. The zero-order valence-electron chi connectivity index (χ0n) is 21.8. The molecule has 0 bridgehead atoms. The second-order valence-corrected chi connectivity index (χ2v) is 8.99. The highest BCUT2D eigenvalue weighted by molar-refractivity contribution is 6.02. The maximum atomic E-state index is 13.1. The van der Waals surface area contributed by atoms with Crippen LogP contribution in [0.2, 0.25) is 0 Å². The molecule has 1 saturated heterocycles. The third kappa shape index (κ3) is 7.62. The normalized spacial score (nSPS) is 13.4. The van der Waals surface area contributed by atoms with Crippen LogP contribution in [0.25, 0.3) is 0 Å². The predicted molar refractivity (Wildman–Crippen MR) is 145 cm³/mol. The lowest BCUT2D eigenvalue weighted by molar-refractivity contribution is -0.116. The van der Waals surface area contributed by atoms with Crippen molar-refractivity contribution in [2.75, 3.05) is 68.7 Å². The minimum absolute atomic E-state index is 0.0185. The van der Waals surface area contributed by atoms with E-state index >= 15 is 0 Å². The number of para-hydroxylation sites is 2. The number of carbonyl (C=O) groups excluding carboxylic acids is 2. The number of hydrogen-bond donors (Lipinski definition) is 2. The van der Waals surface area contributed by atoms with E-state index in [1.165, 1.54) is 0 Å². The van der Waals surface area contributed by atoms with Gasteiger partial charge in [-0.05, 0) is 36.8 Å². The number of ether oxygens (including phenoxy) is 2. The molecule has 1 fully saturated rings. The minimum Gasteiger partial charge on any atom is -0.495 e. The number of unbranched alkanes of at least 4 members (excludes halogenated alkanes) is 3. The number of carbonyl (C=O) groups is 2. The first kappa shape index (κ1) is 27.3. The van der Waals surface area contributed by atoms with Crippen molar-refractivity contribution in [3.63, 3.8) is 0 Å². The number of anilines is 3. The fourth-order valence-corrected chi connectivity index (χ4v) is 4.45. The Morgan fingerprint density at radius 1 is 0.917 bits per heavy atom. The Morgan fingerprint density at radius 3 is 2.33 bits per heavy atom. The van der Waals surface area contributed by atoms with Crippen LogP contribution in [0.3, 0.4) is 0 Å². The molecule has 0 saturated carbocycles. The number of methoxy groups -OCH3 is 2. The number of nitrogens with zero attached hydrogens (tertiary/aromatic N) is 2. The zero-order chi connectivity index (χ0) is 25.8. The number of amides is 2. The molecule has 0 aliphatic carbocycles. The molecule has 0 aromatic heterocycles. The second kappa shape index (κ2) is 14.3. The van der Waals surface area contributed by atoms with Gasteiger partial charge in [0.25, 0.3) is 5.91 Å². The van der Waals surface area contributed by atoms with E-state index in [0.717, 1.165) is 69.0 Å². The molecular formula is C28H40N4O4. The molecule has 196 valence electrons. The van der Waals surface area contributed by atoms with E-state index in [9.17, 15) is 9.59 Å². The van der Waals surface area contributed by atoms with Crippen molar-refractivity contribution < 1.29 is 19.1 Å². The highest BCUT2D eigenvalue weighted by Crippen LogP contribution is 2.31. The Balaban J connectivity index is 1.72. The predicted octanol–water partition coefficient (Wildman–Crippen LogP) is 4.31. The smallest absolute Gasteiger partial charge is 0.253 e. The average Bonchev–Trinajstić information content (AvgIpc) is 2.91. The lowest BCUT2D eigenvalue weighted by Crippen LogP contribution is -2.47. The summed E-state index contributed by atoms with van der Waals surface area (Å²) in [4.78, 5) is 30.1. The van der Waals surface area contributed by atoms with Crippen LogP contribution in [0.5, 0.6) is 5.75 Å². The van der Waals surface area contributed by atoms with Gasteiger partial charge in [-0.2, -0.15) is 0 Å². The molecule has 2 N–H and O–H groups in total. The quantitative estimate of drug-likeness (QED) is 0.402. The highest BCUT2D eigenvalue weighted by atomic mass is 16.5. The van der Waals surface area contributed by atoms with Crippen LogP contribution in [-0.4, -0.2) is 65.4 Å². The van der Waals surface area contributed by atoms with E-state index in [0.29, 0.717) is 30.8 Å². The number of rotatable bonds is 13. The largest absolute Gasteiger partial charge is 0.495 e. The molecule has 1 heterocycles. The van der Waals surface area contributed by atoms with Crippen molar-refractivity contribution in [2.45, 2.75) is 39.0 Å². The van der Waals surface area contributed by atoms with E-state index in [-0.39, 0.29) is 11.8 Å². The molecule has 0 atom stereocenters. The van der Waals surface area contributed by atoms with Crippen LogP contribution >= 0.6 is 0 Å². The second-order valence-electron chi connectivity index (χ2n) is 8.99. The summed E-state index contributed by atoms with van der Waals surface area (Å²) in [6.45, 7) is 6.15. The van der Waals surface area contributed by atoms with Crippen LogP contribution in [-0.2, 0) is 9.53 Å². The van der Waals surface area contributed by atoms with E-state index in [4.69, 9.17) is 9.47 Å². The van der Waals surface area contributed by atoms with Crippen molar-refractivity contribution in [3.05, 3.63) is 48.0 Å². The van der Waals surface area contributed by atoms with Crippen LogP contribution < -0.4 is 25.2 Å². The van der Waals surface area contributed by atoms with Gasteiger partial charge in [0.15, 0.2) is 0 Å². The summed E-state index contributed by atoms with van der Waals surface area (Å²) in [5.41, 5.74) is 3.14. The lowest BCUT2D eigenvalue weighted by atomic mass is 10.1. The summed E-state index contributed by atoms with van der Waals surface area (Å²) in [7, 11) is 3.30. The SMILES string of the molecule is CCCCCCC(=O)Nc1ccc(N2CCN(c3ccccc3OC)CC2)c(C(=O)NCCOC)c1. The fourth-order valence-electron chi connectivity index (χ4n) is 4.45. The number of hydrogen-bond acceptors (Lipinski definition) is 6. The van der Waals surface area contributed by atoms with Crippen LogP contribution in [0, 0.1) is 0 Å². The Morgan fingerprint density at radius 2 is 1.64 bits per heavy atom. The van der Waals surface area contributed by atoms with Gasteiger partial charge >= 0.3 is 0 Å². The van der Waals surface area contributed by atoms with Gasteiger partial charge < -0.3 is 29.9 Å². The monoisotopic (exact) mass is 496 g/mol. The van der Waals surface area contributed by atoms with Gasteiger partial charge in [-0.1, -0.05) is 38.3 Å². The molecule has 1 aliphatic rings. The Kier molecular flexibility index (Phi) is 10.9. The molecule has 2 aromatic rings. The molecular weight excluding hydrogens is 456 g/mol. The van der Waals surface area contributed by atoms with Crippen molar-refractivity contribution in [1.82, 2.24) is 5.32 Å². The van der Waals surface area contributed by atoms with Crippen molar-refractivity contribution >= 4 is 28.9 Å². The molecule has 1 aliphatic heterocycles. The standard InChI is InChI=1S/C28H40N4O4/c1-4-5-6-7-12-27(33)30-22-13-14-24(23(21-22)28(34)29-15-20-35-2)31-16-18-32(19-17-31)25-10-8-9-11-26(25)36-3/h8-11,13-14,21H,4-7,12,15-20H2,1-3H3,(H,29,34)(H,30,33). The lowest BCUT2D eigenvalue weighted by Gasteiger charge is -2.38.